The maximum Gasteiger partial charge on any atom is 0.410 e. The van der Waals surface area contributed by atoms with E-state index >= 15 is 0 Å². The third-order valence-electron chi connectivity index (χ3n) is 4.77. The van der Waals surface area contributed by atoms with E-state index in [0.717, 1.165) is 17.5 Å². The Balaban J connectivity index is 1.93. The van der Waals surface area contributed by atoms with Crippen LogP contribution in [0.1, 0.15) is 57.8 Å². The minimum Gasteiger partial charge on any atom is -0.368 e. The number of carbonyl (C=O) groups excluding carboxylic acids is 1. The van der Waals surface area contributed by atoms with Gasteiger partial charge < -0.3 is 10.2 Å². The molecule has 1 aromatic heterocycles. The number of hydrogen-bond acceptors (Lipinski definition) is 3. The number of aromatic nitrogens is 2. The van der Waals surface area contributed by atoms with Gasteiger partial charge in [0, 0.05) is 24.6 Å². The Kier molecular flexibility index (Phi) is 4.25. The van der Waals surface area contributed by atoms with Gasteiger partial charge in [0.1, 0.15) is 5.82 Å². The summed E-state index contributed by atoms with van der Waals surface area (Å²) in [4.78, 5) is 14.1. The molecule has 1 aromatic rings. The fourth-order valence-electron chi connectivity index (χ4n) is 3.61. The molecule has 0 bridgehead atoms. The Hall–Kier alpha value is -1.73. The summed E-state index contributed by atoms with van der Waals surface area (Å²) in [5.74, 6) is 0.274. The quantitative estimate of drug-likeness (QED) is 0.893. The number of carbonyl (C=O) groups is 1. The standard InChI is InChI=1S/C16H23F3N4O/c1-9(2)15(24)22-6-4-5-12(22)11-8-14-20-10(3)7-13(16(17,18)19)23(14)21-11/h8-10,12-13,20H,4-7H2,1-3H3/t10-,12-,13-/m1/s1. The van der Waals surface area contributed by atoms with Crippen molar-refractivity contribution in [3.63, 3.8) is 0 Å². The first-order valence-corrected chi connectivity index (χ1v) is 8.41. The lowest BCUT2D eigenvalue weighted by atomic mass is 10.1. The summed E-state index contributed by atoms with van der Waals surface area (Å²) < 4.78 is 41.1. The summed E-state index contributed by atoms with van der Waals surface area (Å²) in [7, 11) is 0. The topological polar surface area (TPSA) is 50.2 Å². The first kappa shape index (κ1) is 17.1. The summed E-state index contributed by atoms with van der Waals surface area (Å²) in [6.07, 6.45) is -2.80. The average Bonchev–Trinajstić information content (AvgIpc) is 3.09. The van der Waals surface area contributed by atoms with Crippen LogP contribution in [0.25, 0.3) is 0 Å². The van der Waals surface area contributed by atoms with E-state index in [0.29, 0.717) is 18.1 Å². The van der Waals surface area contributed by atoms with Crippen molar-refractivity contribution < 1.29 is 18.0 Å². The molecule has 8 heteroatoms. The van der Waals surface area contributed by atoms with Crippen molar-refractivity contribution in [1.82, 2.24) is 14.7 Å². The van der Waals surface area contributed by atoms with Gasteiger partial charge in [-0.3, -0.25) is 4.79 Å². The highest BCUT2D eigenvalue weighted by Crippen LogP contribution is 2.41. The van der Waals surface area contributed by atoms with E-state index in [2.05, 4.69) is 10.4 Å². The summed E-state index contributed by atoms with van der Waals surface area (Å²) in [5.41, 5.74) is 0.548. The molecule has 1 saturated heterocycles. The SMILES string of the molecule is CC(C)C(=O)N1CCC[C@@H]1c1cc2n(n1)[C@@H](C(F)(F)F)C[C@@H](C)N2. The van der Waals surface area contributed by atoms with E-state index in [1.807, 2.05) is 13.8 Å². The zero-order valence-corrected chi connectivity index (χ0v) is 14.1. The largest absolute Gasteiger partial charge is 0.410 e. The number of fused-ring (bicyclic) bond motifs is 1. The molecule has 0 saturated carbocycles. The molecule has 134 valence electrons. The van der Waals surface area contributed by atoms with E-state index in [9.17, 15) is 18.0 Å². The molecule has 1 N–H and O–H groups in total. The maximum absolute atomic E-state index is 13.3. The van der Waals surface area contributed by atoms with Crippen molar-refractivity contribution in [3.05, 3.63) is 11.8 Å². The second-order valence-corrected chi connectivity index (χ2v) is 7.08. The Morgan fingerprint density at radius 1 is 1.42 bits per heavy atom. The summed E-state index contributed by atoms with van der Waals surface area (Å²) in [6.45, 7) is 6.03. The molecule has 24 heavy (non-hydrogen) atoms. The van der Waals surface area contributed by atoms with Crippen LogP contribution in [0.3, 0.4) is 0 Å². The normalized spacial score (nSPS) is 27.3. The molecule has 3 heterocycles. The van der Waals surface area contributed by atoms with Crippen LogP contribution < -0.4 is 5.32 Å². The molecule has 0 aliphatic carbocycles. The van der Waals surface area contributed by atoms with Crippen LogP contribution in [-0.4, -0.2) is 39.4 Å². The smallest absolute Gasteiger partial charge is 0.368 e. The van der Waals surface area contributed by atoms with Gasteiger partial charge in [-0.05, 0) is 26.2 Å². The Bertz CT molecular complexity index is 625. The fourth-order valence-corrected chi connectivity index (χ4v) is 3.61. The van der Waals surface area contributed by atoms with Crippen LogP contribution in [-0.2, 0) is 4.79 Å². The number of halogens is 3. The van der Waals surface area contributed by atoms with E-state index in [1.165, 1.54) is 0 Å². The van der Waals surface area contributed by atoms with E-state index in [-0.39, 0.29) is 30.3 Å². The first-order chi connectivity index (χ1) is 11.2. The van der Waals surface area contributed by atoms with Gasteiger partial charge >= 0.3 is 6.18 Å². The van der Waals surface area contributed by atoms with Gasteiger partial charge in [-0.2, -0.15) is 18.3 Å². The second-order valence-electron chi connectivity index (χ2n) is 7.08. The molecule has 3 atom stereocenters. The number of likely N-dealkylation sites (tertiary alicyclic amines) is 1. The zero-order valence-electron chi connectivity index (χ0n) is 14.1. The molecule has 3 rings (SSSR count). The minimum absolute atomic E-state index is 0.0252. The molecular formula is C16H23F3N4O. The summed E-state index contributed by atoms with van der Waals surface area (Å²) >= 11 is 0. The predicted molar refractivity (Wildman–Crippen MR) is 83.5 cm³/mol. The number of anilines is 1. The van der Waals surface area contributed by atoms with Crippen LogP contribution >= 0.6 is 0 Å². The maximum atomic E-state index is 13.3. The Labute approximate surface area is 139 Å². The van der Waals surface area contributed by atoms with Crippen LogP contribution in [0, 0.1) is 5.92 Å². The van der Waals surface area contributed by atoms with Crippen molar-refractivity contribution in [2.45, 2.75) is 64.3 Å². The molecule has 5 nitrogen and oxygen atoms in total. The number of amides is 1. The van der Waals surface area contributed by atoms with Gasteiger partial charge in [0.05, 0.1) is 11.7 Å². The van der Waals surface area contributed by atoms with Crippen molar-refractivity contribution in [2.24, 2.45) is 5.92 Å². The van der Waals surface area contributed by atoms with Gasteiger partial charge in [0.15, 0.2) is 6.04 Å². The monoisotopic (exact) mass is 344 g/mol. The van der Waals surface area contributed by atoms with Gasteiger partial charge in [-0.15, -0.1) is 0 Å². The zero-order chi connectivity index (χ0) is 17.6. The van der Waals surface area contributed by atoms with Gasteiger partial charge in [0.25, 0.3) is 0 Å². The highest BCUT2D eigenvalue weighted by Gasteiger charge is 2.46. The van der Waals surface area contributed by atoms with Crippen LogP contribution in [0.2, 0.25) is 0 Å². The van der Waals surface area contributed by atoms with Crippen LogP contribution in [0.4, 0.5) is 19.0 Å². The molecular weight excluding hydrogens is 321 g/mol. The van der Waals surface area contributed by atoms with Crippen LogP contribution in [0.15, 0.2) is 6.07 Å². The fraction of sp³-hybridized carbons (Fsp3) is 0.750. The van der Waals surface area contributed by atoms with Crippen LogP contribution in [0.5, 0.6) is 0 Å². The minimum atomic E-state index is -4.34. The Morgan fingerprint density at radius 3 is 2.75 bits per heavy atom. The van der Waals surface area contributed by atoms with Gasteiger partial charge in [-0.25, -0.2) is 4.68 Å². The number of nitrogens with one attached hydrogen (secondary N) is 1. The number of alkyl halides is 3. The summed E-state index contributed by atoms with van der Waals surface area (Å²) in [6, 6.07) is -0.451. The molecule has 0 radical (unpaired) electrons. The lowest BCUT2D eigenvalue weighted by Crippen LogP contribution is -2.38. The highest BCUT2D eigenvalue weighted by molar-refractivity contribution is 5.78. The summed E-state index contributed by atoms with van der Waals surface area (Å²) in [5, 5.41) is 7.32. The Morgan fingerprint density at radius 2 is 2.12 bits per heavy atom. The molecule has 0 spiro atoms. The van der Waals surface area contributed by atoms with Crippen molar-refractivity contribution in [3.8, 4) is 0 Å². The molecule has 2 aliphatic rings. The first-order valence-electron chi connectivity index (χ1n) is 8.41. The molecule has 1 fully saturated rings. The van der Waals surface area contributed by atoms with Crippen molar-refractivity contribution >= 4 is 11.7 Å². The van der Waals surface area contributed by atoms with Gasteiger partial charge in [0.2, 0.25) is 5.91 Å². The lowest BCUT2D eigenvalue weighted by Gasteiger charge is -2.31. The van der Waals surface area contributed by atoms with E-state index in [4.69, 9.17) is 0 Å². The predicted octanol–water partition coefficient (Wildman–Crippen LogP) is 3.51. The molecule has 2 aliphatic heterocycles. The number of rotatable bonds is 2. The van der Waals surface area contributed by atoms with Crippen molar-refractivity contribution in [1.29, 1.82) is 0 Å². The number of hydrogen-bond donors (Lipinski definition) is 1. The molecule has 0 aromatic carbocycles. The van der Waals surface area contributed by atoms with Crippen molar-refractivity contribution in [2.75, 3.05) is 11.9 Å². The lowest BCUT2D eigenvalue weighted by molar-refractivity contribution is -0.173. The highest BCUT2D eigenvalue weighted by atomic mass is 19.4. The average molecular weight is 344 g/mol. The van der Waals surface area contributed by atoms with E-state index < -0.39 is 12.2 Å². The second kappa shape index (κ2) is 5.97. The molecule has 0 unspecified atom stereocenters. The number of nitrogens with zero attached hydrogens (tertiary/aromatic N) is 3. The third-order valence-corrected chi connectivity index (χ3v) is 4.77. The van der Waals surface area contributed by atoms with E-state index in [1.54, 1.807) is 17.9 Å². The third kappa shape index (κ3) is 2.98. The van der Waals surface area contributed by atoms with Gasteiger partial charge in [-0.1, -0.05) is 13.8 Å². The molecule has 1 amide bonds.